The number of amides is 1. The molecule has 0 unspecified atom stereocenters. The molecule has 1 atom stereocenters. The topological polar surface area (TPSA) is 75.7 Å². The molecule has 7 heteroatoms. The Hall–Kier alpha value is -2.54. The Morgan fingerprint density at radius 2 is 1.81 bits per heavy atom. The van der Waals surface area contributed by atoms with Crippen LogP contribution in [0.15, 0.2) is 54.6 Å². The number of anilines is 1. The molecule has 2 aromatic rings. The van der Waals surface area contributed by atoms with E-state index in [-0.39, 0.29) is 17.7 Å². The zero-order chi connectivity index (χ0) is 19.3. The van der Waals surface area contributed by atoms with E-state index in [4.69, 9.17) is 4.74 Å². The minimum Gasteiger partial charge on any atom is -0.491 e. The fourth-order valence-electron chi connectivity index (χ4n) is 2.94. The molecule has 1 aliphatic heterocycles. The van der Waals surface area contributed by atoms with Crippen molar-refractivity contribution in [3.63, 3.8) is 0 Å². The van der Waals surface area contributed by atoms with E-state index < -0.39 is 10.0 Å². The monoisotopic (exact) mass is 388 g/mol. The Labute approximate surface area is 160 Å². The lowest BCUT2D eigenvalue weighted by molar-refractivity contribution is 0.0926. The van der Waals surface area contributed by atoms with Crippen LogP contribution < -0.4 is 14.4 Å². The number of benzene rings is 2. The van der Waals surface area contributed by atoms with Gasteiger partial charge in [0, 0.05) is 12.1 Å². The number of hydrogen-bond acceptors (Lipinski definition) is 4. The van der Waals surface area contributed by atoms with Crippen molar-refractivity contribution in [2.24, 2.45) is 0 Å². The average molecular weight is 388 g/mol. The Bertz CT molecular complexity index is 867. The molecule has 3 rings (SSSR count). The van der Waals surface area contributed by atoms with Gasteiger partial charge in [0.05, 0.1) is 17.5 Å². The van der Waals surface area contributed by atoms with Crippen LogP contribution in [0, 0.1) is 0 Å². The summed E-state index contributed by atoms with van der Waals surface area (Å²) in [5, 5.41) is 2.89. The first-order chi connectivity index (χ1) is 13.0. The zero-order valence-corrected chi connectivity index (χ0v) is 16.1. The lowest BCUT2D eigenvalue weighted by Gasteiger charge is -2.28. The highest BCUT2D eigenvalue weighted by Gasteiger charge is 2.26. The first kappa shape index (κ1) is 19.2. The van der Waals surface area contributed by atoms with E-state index >= 15 is 0 Å². The van der Waals surface area contributed by atoms with E-state index in [9.17, 15) is 13.2 Å². The molecule has 0 bridgehead atoms. The van der Waals surface area contributed by atoms with E-state index in [1.54, 1.807) is 24.3 Å². The minimum atomic E-state index is -3.25. The maximum absolute atomic E-state index is 12.4. The van der Waals surface area contributed by atoms with Crippen molar-refractivity contribution in [2.75, 3.05) is 23.2 Å². The molecule has 0 aliphatic carbocycles. The number of hydrogen-bond donors (Lipinski definition) is 1. The number of nitrogens with one attached hydrogen (secondary N) is 1. The SMILES string of the molecule is C[C@H](COc1ccccc1)NC(=O)c1ccc(N2CCCCS2(=O)=O)cc1. The number of nitrogens with zero attached hydrogens (tertiary/aromatic N) is 1. The van der Waals surface area contributed by atoms with E-state index in [0.29, 0.717) is 30.8 Å². The summed E-state index contributed by atoms with van der Waals surface area (Å²) in [7, 11) is -3.25. The highest BCUT2D eigenvalue weighted by atomic mass is 32.2. The van der Waals surface area contributed by atoms with Crippen molar-refractivity contribution >= 4 is 21.6 Å². The van der Waals surface area contributed by atoms with Gasteiger partial charge in [-0.05, 0) is 56.2 Å². The average Bonchev–Trinajstić information content (AvgIpc) is 2.67. The van der Waals surface area contributed by atoms with Crippen LogP contribution in [0.2, 0.25) is 0 Å². The molecule has 0 spiro atoms. The largest absolute Gasteiger partial charge is 0.491 e. The van der Waals surface area contributed by atoms with Crippen molar-refractivity contribution in [3.8, 4) is 5.75 Å². The van der Waals surface area contributed by atoms with Crippen molar-refractivity contribution in [3.05, 3.63) is 60.2 Å². The smallest absolute Gasteiger partial charge is 0.251 e. The number of sulfonamides is 1. The molecule has 27 heavy (non-hydrogen) atoms. The number of carbonyl (C=O) groups excluding carboxylic acids is 1. The van der Waals surface area contributed by atoms with Crippen molar-refractivity contribution < 1.29 is 17.9 Å². The summed E-state index contributed by atoms with van der Waals surface area (Å²) in [6.07, 6.45) is 1.54. The fourth-order valence-corrected chi connectivity index (χ4v) is 4.58. The summed E-state index contributed by atoms with van der Waals surface area (Å²) in [5.74, 6) is 0.714. The lowest BCUT2D eigenvalue weighted by atomic mass is 10.1. The van der Waals surface area contributed by atoms with Gasteiger partial charge in [0.2, 0.25) is 10.0 Å². The molecule has 1 saturated heterocycles. The Balaban J connectivity index is 1.57. The van der Waals surface area contributed by atoms with Gasteiger partial charge in [0.25, 0.3) is 5.91 Å². The summed E-state index contributed by atoms with van der Waals surface area (Å²) in [5.41, 5.74) is 1.09. The van der Waals surface area contributed by atoms with Gasteiger partial charge in [-0.3, -0.25) is 9.10 Å². The molecule has 1 aliphatic rings. The zero-order valence-electron chi connectivity index (χ0n) is 15.3. The molecule has 0 aromatic heterocycles. The number of carbonyl (C=O) groups is 1. The number of rotatable bonds is 6. The van der Waals surface area contributed by atoms with E-state index in [2.05, 4.69) is 5.32 Å². The van der Waals surface area contributed by atoms with Crippen LogP contribution in [0.5, 0.6) is 5.75 Å². The molecule has 144 valence electrons. The molecular weight excluding hydrogens is 364 g/mol. The number of ether oxygens (including phenoxy) is 1. The normalized spacial score (nSPS) is 17.1. The van der Waals surface area contributed by atoms with Gasteiger partial charge < -0.3 is 10.1 Å². The molecule has 6 nitrogen and oxygen atoms in total. The third kappa shape index (κ3) is 5.01. The van der Waals surface area contributed by atoms with Crippen LogP contribution in [-0.4, -0.2) is 39.3 Å². The highest BCUT2D eigenvalue weighted by Crippen LogP contribution is 2.23. The van der Waals surface area contributed by atoms with Gasteiger partial charge in [-0.15, -0.1) is 0 Å². The summed E-state index contributed by atoms with van der Waals surface area (Å²) in [6, 6.07) is 15.9. The standard InChI is InChI=1S/C20H24N2O4S/c1-16(15-26-19-7-3-2-4-8-19)21-20(23)17-9-11-18(12-10-17)22-13-5-6-14-27(22,24)25/h2-4,7-12,16H,5-6,13-15H2,1H3,(H,21,23)/t16-/m1/s1. The summed E-state index contributed by atoms with van der Waals surface area (Å²) < 4.78 is 31.4. The molecule has 1 amide bonds. The van der Waals surface area contributed by atoms with Crippen LogP contribution in [-0.2, 0) is 10.0 Å². The Kier molecular flexibility index (Phi) is 6.01. The molecule has 2 aromatic carbocycles. The van der Waals surface area contributed by atoms with E-state index in [0.717, 1.165) is 12.2 Å². The van der Waals surface area contributed by atoms with Gasteiger partial charge in [0.15, 0.2) is 0 Å². The Morgan fingerprint density at radius 3 is 2.48 bits per heavy atom. The van der Waals surface area contributed by atoms with Crippen LogP contribution >= 0.6 is 0 Å². The van der Waals surface area contributed by atoms with Crippen molar-refractivity contribution in [2.45, 2.75) is 25.8 Å². The quantitative estimate of drug-likeness (QED) is 0.826. The maximum atomic E-state index is 12.4. The van der Waals surface area contributed by atoms with Gasteiger partial charge in [-0.2, -0.15) is 0 Å². The van der Waals surface area contributed by atoms with Crippen LogP contribution in [0.1, 0.15) is 30.1 Å². The van der Waals surface area contributed by atoms with Crippen LogP contribution in [0.4, 0.5) is 5.69 Å². The molecule has 0 saturated carbocycles. The molecule has 1 fully saturated rings. The van der Waals surface area contributed by atoms with Gasteiger partial charge in [0.1, 0.15) is 12.4 Å². The fraction of sp³-hybridized carbons (Fsp3) is 0.350. The molecular formula is C20H24N2O4S. The maximum Gasteiger partial charge on any atom is 0.251 e. The van der Waals surface area contributed by atoms with Gasteiger partial charge >= 0.3 is 0 Å². The van der Waals surface area contributed by atoms with Crippen molar-refractivity contribution in [1.29, 1.82) is 0 Å². The summed E-state index contributed by atoms with van der Waals surface area (Å²) in [4.78, 5) is 12.4. The summed E-state index contributed by atoms with van der Waals surface area (Å²) in [6.45, 7) is 2.72. The predicted molar refractivity (Wildman–Crippen MR) is 106 cm³/mol. The van der Waals surface area contributed by atoms with Gasteiger partial charge in [-0.25, -0.2) is 8.42 Å². The van der Waals surface area contributed by atoms with Crippen LogP contribution in [0.3, 0.4) is 0 Å². The second-order valence-corrected chi connectivity index (χ2v) is 8.65. The summed E-state index contributed by atoms with van der Waals surface area (Å²) >= 11 is 0. The highest BCUT2D eigenvalue weighted by molar-refractivity contribution is 7.92. The second-order valence-electron chi connectivity index (χ2n) is 6.64. The molecule has 0 radical (unpaired) electrons. The Morgan fingerprint density at radius 1 is 1.11 bits per heavy atom. The van der Waals surface area contributed by atoms with E-state index in [1.165, 1.54) is 4.31 Å². The second kappa shape index (κ2) is 8.43. The minimum absolute atomic E-state index is 0.167. The first-order valence-corrected chi connectivity index (χ1v) is 10.7. The van der Waals surface area contributed by atoms with Crippen LogP contribution in [0.25, 0.3) is 0 Å². The molecule has 1 N–H and O–H groups in total. The lowest BCUT2D eigenvalue weighted by Crippen LogP contribution is -2.38. The van der Waals surface area contributed by atoms with Crippen molar-refractivity contribution in [1.82, 2.24) is 5.32 Å². The third-order valence-corrected chi connectivity index (χ3v) is 6.26. The number of para-hydroxylation sites is 1. The molecule has 1 heterocycles. The third-order valence-electron chi connectivity index (χ3n) is 4.39. The van der Waals surface area contributed by atoms with E-state index in [1.807, 2.05) is 37.3 Å². The van der Waals surface area contributed by atoms with Gasteiger partial charge in [-0.1, -0.05) is 18.2 Å². The first-order valence-electron chi connectivity index (χ1n) is 9.05. The predicted octanol–water partition coefficient (Wildman–Crippen LogP) is 2.81.